The number of hydrogen-bond donors (Lipinski definition) is 1. The summed E-state index contributed by atoms with van der Waals surface area (Å²) in [6, 6.07) is 5.16. The summed E-state index contributed by atoms with van der Waals surface area (Å²) >= 11 is 0. The molecule has 0 radical (unpaired) electrons. The molecule has 0 amide bonds. The SMILES string of the molecule is CC(O)c1cc(F)ccc1N1CCCC(C)C1C. The monoisotopic (exact) mass is 251 g/mol. The molecule has 3 atom stereocenters. The van der Waals surface area contributed by atoms with Crippen LogP contribution in [0.5, 0.6) is 0 Å². The maximum Gasteiger partial charge on any atom is 0.123 e. The van der Waals surface area contributed by atoms with Crippen molar-refractivity contribution in [1.82, 2.24) is 0 Å². The molecule has 1 heterocycles. The van der Waals surface area contributed by atoms with Gasteiger partial charge in [0.15, 0.2) is 0 Å². The van der Waals surface area contributed by atoms with Gasteiger partial charge < -0.3 is 10.0 Å². The summed E-state index contributed by atoms with van der Waals surface area (Å²) in [5, 5.41) is 9.82. The smallest absolute Gasteiger partial charge is 0.123 e. The van der Waals surface area contributed by atoms with Gasteiger partial charge in [-0.3, -0.25) is 0 Å². The lowest BCUT2D eigenvalue weighted by Gasteiger charge is -2.40. The van der Waals surface area contributed by atoms with Crippen LogP contribution >= 0.6 is 0 Å². The standard InChI is InChI=1S/C15H22FNO/c1-10-5-4-8-17(11(10)2)15-7-6-13(16)9-14(15)12(3)18/h6-7,9-12,18H,4-5,8H2,1-3H3. The van der Waals surface area contributed by atoms with Gasteiger partial charge in [0.25, 0.3) is 0 Å². The fraction of sp³-hybridized carbons (Fsp3) is 0.600. The van der Waals surface area contributed by atoms with Gasteiger partial charge in [0, 0.05) is 23.8 Å². The molecule has 0 aromatic heterocycles. The third-order valence-corrected chi connectivity index (χ3v) is 4.12. The number of piperidine rings is 1. The number of aliphatic hydroxyl groups excluding tert-OH is 1. The van der Waals surface area contributed by atoms with Crippen molar-refractivity contribution in [3.8, 4) is 0 Å². The van der Waals surface area contributed by atoms with E-state index in [1.165, 1.54) is 18.6 Å². The Morgan fingerprint density at radius 1 is 1.39 bits per heavy atom. The molecule has 1 aromatic carbocycles. The summed E-state index contributed by atoms with van der Waals surface area (Å²) in [6.45, 7) is 7.13. The van der Waals surface area contributed by atoms with Gasteiger partial charge in [-0.1, -0.05) is 6.92 Å². The van der Waals surface area contributed by atoms with Crippen LogP contribution in [0.3, 0.4) is 0 Å². The lowest BCUT2D eigenvalue weighted by atomic mass is 9.90. The molecule has 1 aromatic rings. The summed E-state index contributed by atoms with van der Waals surface area (Å²) in [4.78, 5) is 2.30. The van der Waals surface area contributed by atoms with Gasteiger partial charge in [-0.25, -0.2) is 4.39 Å². The van der Waals surface area contributed by atoms with Gasteiger partial charge in [-0.05, 0) is 50.8 Å². The molecule has 0 aliphatic carbocycles. The molecule has 0 bridgehead atoms. The number of aliphatic hydroxyl groups is 1. The van der Waals surface area contributed by atoms with Gasteiger partial charge in [-0.15, -0.1) is 0 Å². The Balaban J connectivity index is 2.37. The minimum Gasteiger partial charge on any atom is -0.389 e. The maximum absolute atomic E-state index is 13.3. The molecule has 1 saturated heterocycles. The van der Waals surface area contributed by atoms with Crippen LogP contribution in [0.1, 0.15) is 45.3 Å². The Hall–Kier alpha value is -1.09. The predicted octanol–water partition coefficient (Wildman–Crippen LogP) is 3.50. The Morgan fingerprint density at radius 3 is 2.78 bits per heavy atom. The highest BCUT2D eigenvalue weighted by Gasteiger charge is 2.27. The Bertz CT molecular complexity index is 419. The first-order chi connectivity index (χ1) is 8.50. The van der Waals surface area contributed by atoms with E-state index in [1.807, 2.05) is 0 Å². The Labute approximate surface area is 108 Å². The highest BCUT2D eigenvalue weighted by molar-refractivity contribution is 5.56. The van der Waals surface area contributed by atoms with Crippen molar-refractivity contribution in [3.05, 3.63) is 29.6 Å². The maximum atomic E-state index is 13.3. The number of benzene rings is 1. The molecule has 1 N–H and O–H groups in total. The quantitative estimate of drug-likeness (QED) is 0.869. The second-order valence-electron chi connectivity index (χ2n) is 5.43. The van der Waals surface area contributed by atoms with Gasteiger partial charge in [0.05, 0.1) is 6.10 Å². The van der Waals surface area contributed by atoms with Crippen LogP contribution < -0.4 is 4.90 Å². The minimum atomic E-state index is -0.639. The average molecular weight is 251 g/mol. The summed E-state index contributed by atoms with van der Waals surface area (Å²) in [5.74, 6) is 0.345. The largest absolute Gasteiger partial charge is 0.389 e. The highest BCUT2D eigenvalue weighted by atomic mass is 19.1. The van der Waals surface area contributed by atoms with Crippen molar-refractivity contribution < 1.29 is 9.50 Å². The number of hydrogen-bond acceptors (Lipinski definition) is 2. The van der Waals surface area contributed by atoms with E-state index in [1.54, 1.807) is 13.0 Å². The van der Waals surface area contributed by atoms with Crippen molar-refractivity contribution in [2.45, 2.75) is 45.8 Å². The van der Waals surface area contributed by atoms with Crippen LogP contribution in [0.2, 0.25) is 0 Å². The molecule has 100 valence electrons. The van der Waals surface area contributed by atoms with Crippen molar-refractivity contribution in [3.63, 3.8) is 0 Å². The molecule has 0 saturated carbocycles. The van der Waals surface area contributed by atoms with E-state index in [-0.39, 0.29) is 5.82 Å². The molecule has 2 nitrogen and oxygen atoms in total. The zero-order valence-electron chi connectivity index (χ0n) is 11.4. The van der Waals surface area contributed by atoms with E-state index in [9.17, 15) is 9.50 Å². The highest BCUT2D eigenvalue weighted by Crippen LogP contribution is 2.33. The zero-order chi connectivity index (χ0) is 13.3. The third-order valence-electron chi connectivity index (χ3n) is 4.12. The molecular formula is C15H22FNO. The van der Waals surface area contributed by atoms with Crippen LogP contribution in [-0.2, 0) is 0 Å². The second kappa shape index (κ2) is 5.27. The molecule has 3 unspecified atom stereocenters. The van der Waals surface area contributed by atoms with Crippen molar-refractivity contribution in [1.29, 1.82) is 0 Å². The van der Waals surface area contributed by atoms with Crippen molar-refractivity contribution in [2.75, 3.05) is 11.4 Å². The van der Waals surface area contributed by atoms with E-state index < -0.39 is 6.10 Å². The molecule has 2 rings (SSSR count). The zero-order valence-corrected chi connectivity index (χ0v) is 11.4. The molecule has 3 heteroatoms. The van der Waals surface area contributed by atoms with Crippen LogP contribution in [0.4, 0.5) is 10.1 Å². The molecular weight excluding hydrogens is 229 g/mol. The van der Waals surface area contributed by atoms with E-state index >= 15 is 0 Å². The molecule has 1 aliphatic rings. The first-order valence-corrected chi connectivity index (χ1v) is 6.75. The number of nitrogens with zero attached hydrogens (tertiary/aromatic N) is 1. The normalized spacial score (nSPS) is 26.2. The third kappa shape index (κ3) is 2.51. The van der Waals surface area contributed by atoms with Crippen LogP contribution in [-0.4, -0.2) is 17.7 Å². The van der Waals surface area contributed by atoms with E-state index in [4.69, 9.17) is 0 Å². The van der Waals surface area contributed by atoms with E-state index in [0.717, 1.165) is 18.7 Å². The number of halogens is 1. The van der Waals surface area contributed by atoms with E-state index in [2.05, 4.69) is 18.7 Å². The van der Waals surface area contributed by atoms with Crippen LogP contribution in [0.25, 0.3) is 0 Å². The number of anilines is 1. The van der Waals surface area contributed by atoms with Gasteiger partial charge in [-0.2, -0.15) is 0 Å². The molecule has 1 aliphatic heterocycles. The first kappa shape index (κ1) is 13.3. The van der Waals surface area contributed by atoms with Crippen LogP contribution in [0, 0.1) is 11.7 Å². The molecule has 1 fully saturated rings. The Morgan fingerprint density at radius 2 is 2.11 bits per heavy atom. The second-order valence-corrected chi connectivity index (χ2v) is 5.43. The van der Waals surface area contributed by atoms with Crippen molar-refractivity contribution >= 4 is 5.69 Å². The van der Waals surface area contributed by atoms with Crippen molar-refractivity contribution in [2.24, 2.45) is 5.92 Å². The minimum absolute atomic E-state index is 0.285. The van der Waals surface area contributed by atoms with Gasteiger partial charge in [0.2, 0.25) is 0 Å². The summed E-state index contributed by atoms with van der Waals surface area (Å²) in [7, 11) is 0. The molecule has 0 spiro atoms. The van der Waals surface area contributed by atoms with Crippen LogP contribution in [0.15, 0.2) is 18.2 Å². The first-order valence-electron chi connectivity index (χ1n) is 6.75. The molecule has 18 heavy (non-hydrogen) atoms. The lowest BCUT2D eigenvalue weighted by molar-refractivity contribution is 0.198. The topological polar surface area (TPSA) is 23.5 Å². The summed E-state index contributed by atoms with van der Waals surface area (Å²) in [5.41, 5.74) is 1.67. The van der Waals surface area contributed by atoms with E-state index in [0.29, 0.717) is 17.5 Å². The summed E-state index contributed by atoms with van der Waals surface area (Å²) in [6.07, 6.45) is 1.76. The number of rotatable bonds is 2. The van der Waals surface area contributed by atoms with Gasteiger partial charge in [0.1, 0.15) is 5.82 Å². The average Bonchev–Trinajstić information content (AvgIpc) is 2.33. The fourth-order valence-corrected chi connectivity index (χ4v) is 2.80. The lowest BCUT2D eigenvalue weighted by Crippen LogP contribution is -2.43. The van der Waals surface area contributed by atoms with Gasteiger partial charge >= 0.3 is 0 Å². The Kier molecular flexibility index (Phi) is 3.91. The summed E-state index contributed by atoms with van der Waals surface area (Å²) < 4.78 is 13.3. The predicted molar refractivity (Wildman–Crippen MR) is 72.2 cm³/mol. The fourth-order valence-electron chi connectivity index (χ4n) is 2.80.